The highest BCUT2D eigenvalue weighted by molar-refractivity contribution is 6.00. The van der Waals surface area contributed by atoms with Gasteiger partial charge in [0.05, 0.1) is 25.0 Å². The summed E-state index contributed by atoms with van der Waals surface area (Å²) in [5, 5.41) is 13.7. The maximum absolute atomic E-state index is 12.8. The topological polar surface area (TPSA) is 124 Å². The highest BCUT2D eigenvalue weighted by Gasteiger charge is 2.43. The van der Waals surface area contributed by atoms with Gasteiger partial charge in [0.25, 0.3) is 5.91 Å². The number of rotatable bonds is 5. The fourth-order valence-corrected chi connectivity index (χ4v) is 2.80. The Kier molecular flexibility index (Phi) is 5.17. The van der Waals surface area contributed by atoms with Crippen LogP contribution in [0, 0.1) is 6.92 Å². The largest absolute Gasteiger partial charge is 0.478 e. The lowest BCUT2D eigenvalue weighted by Crippen LogP contribution is -2.55. The van der Waals surface area contributed by atoms with Crippen molar-refractivity contribution in [1.29, 1.82) is 0 Å². The minimum atomic E-state index is -1.72. The molecule has 3 heterocycles. The Morgan fingerprint density at radius 2 is 2.22 bits per heavy atom. The third kappa shape index (κ3) is 3.80. The van der Waals surface area contributed by atoms with E-state index in [0.717, 1.165) is 18.3 Å². The summed E-state index contributed by atoms with van der Waals surface area (Å²) in [6, 6.07) is 5.29. The average molecular weight is 374 g/mol. The molecule has 1 saturated heterocycles. The number of carboxylic acid groups (broad SMARTS) is 1. The van der Waals surface area contributed by atoms with Gasteiger partial charge in [-0.3, -0.25) is 19.5 Å². The van der Waals surface area contributed by atoms with E-state index in [2.05, 4.69) is 10.1 Å². The first-order chi connectivity index (χ1) is 12.9. The summed E-state index contributed by atoms with van der Waals surface area (Å²) in [6.07, 6.45) is 0.109. The van der Waals surface area contributed by atoms with Crippen molar-refractivity contribution in [3.63, 3.8) is 0 Å². The molecule has 27 heavy (non-hydrogen) atoms. The first-order valence-corrected chi connectivity index (χ1v) is 8.18. The minimum Gasteiger partial charge on any atom is -0.478 e. The molecular weight excluding hydrogens is 356 g/mol. The number of pyridine rings is 1. The first-order valence-electron chi connectivity index (χ1n) is 8.18. The molecule has 10 heteroatoms. The predicted octanol–water partition coefficient (Wildman–Crippen LogP) is 0.324. The van der Waals surface area contributed by atoms with Crippen molar-refractivity contribution in [1.82, 2.24) is 14.8 Å². The van der Waals surface area contributed by atoms with Gasteiger partial charge in [-0.05, 0) is 19.1 Å². The average Bonchev–Trinajstić information content (AvgIpc) is 3.02. The number of amides is 1. The maximum atomic E-state index is 12.8. The first kappa shape index (κ1) is 18.5. The van der Waals surface area contributed by atoms with Crippen LogP contribution in [0.5, 0.6) is 0 Å². The van der Waals surface area contributed by atoms with Crippen LogP contribution in [-0.2, 0) is 23.9 Å². The van der Waals surface area contributed by atoms with E-state index in [0.29, 0.717) is 5.82 Å². The molecule has 0 aromatic carbocycles. The van der Waals surface area contributed by atoms with E-state index in [4.69, 9.17) is 9.47 Å². The van der Waals surface area contributed by atoms with Crippen LogP contribution >= 0.6 is 0 Å². The Morgan fingerprint density at radius 3 is 2.85 bits per heavy atom. The summed E-state index contributed by atoms with van der Waals surface area (Å²) in [4.78, 5) is 40.8. The Labute approximate surface area is 154 Å². The maximum Gasteiger partial charge on any atom is 0.348 e. The quantitative estimate of drug-likeness (QED) is 0.742. The summed E-state index contributed by atoms with van der Waals surface area (Å²) in [6.45, 7) is 3.18. The highest BCUT2D eigenvalue weighted by Crippen LogP contribution is 2.23. The number of aryl methyl sites for hydroxylation is 1. The zero-order valence-electron chi connectivity index (χ0n) is 14.7. The molecule has 1 fully saturated rings. The van der Waals surface area contributed by atoms with Crippen molar-refractivity contribution in [3.05, 3.63) is 36.3 Å². The van der Waals surface area contributed by atoms with Gasteiger partial charge in [-0.15, -0.1) is 5.10 Å². The molecule has 142 valence electrons. The number of aliphatic carboxylic acids is 1. The Morgan fingerprint density at radius 1 is 1.44 bits per heavy atom. The number of carbonyl (C=O) groups is 3. The molecule has 2 unspecified atom stereocenters. The van der Waals surface area contributed by atoms with Crippen LogP contribution in [0.3, 0.4) is 0 Å². The number of aromatic nitrogens is 3. The number of esters is 1. The number of hydrogen-bond acceptors (Lipinski definition) is 7. The molecule has 0 aliphatic carbocycles. The van der Waals surface area contributed by atoms with Crippen LogP contribution in [-0.4, -0.2) is 63.1 Å². The van der Waals surface area contributed by atoms with Gasteiger partial charge < -0.3 is 14.6 Å². The zero-order valence-corrected chi connectivity index (χ0v) is 14.7. The second kappa shape index (κ2) is 7.54. The van der Waals surface area contributed by atoms with Gasteiger partial charge in [0.1, 0.15) is 0 Å². The normalized spacial score (nSPS) is 18.2. The monoisotopic (exact) mass is 374 g/mol. The lowest BCUT2D eigenvalue weighted by molar-refractivity contribution is -0.177. The second-order valence-corrected chi connectivity index (χ2v) is 5.92. The number of nitrogens with zero attached hydrogens (tertiary/aromatic N) is 4. The Balaban J connectivity index is 1.88. The fraction of sp³-hybridized carbons (Fsp3) is 0.353. The van der Waals surface area contributed by atoms with E-state index in [1.165, 1.54) is 4.90 Å². The van der Waals surface area contributed by atoms with Gasteiger partial charge >= 0.3 is 11.9 Å². The molecule has 2 aromatic rings. The van der Waals surface area contributed by atoms with Crippen LogP contribution in [0.1, 0.15) is 12.6 Å². The fourth-order valence-electron chi connectivity index (χ4n) is 2.80. The summed E-state index contributed by atoms with van der Waals surface area (Å²) in [7, 11) is 0. The number of morpholine rings is 1. The minimum absolute atomic E-state index is 0.0836. The second-order valence-electron chi connectivity index (χ2n) is 5.92. The standard InChI is InChI=1S/C17H18N4O6/c1-10-8-13(19-21(10)12-4-3-5-18-9-12)20-6-7-26-14(16(20)23)15(17(24)25)27-11(2)22/h3-5,8-9,14-15H,6-7H2,1-2H3,(H,24,25). The van der Waals surface area contributed by atoms with E-state index in [-0.39, 0.29) is 13.2 Å². The SMILES string of the molecule is CC(=O)OC(C(=O)O)C1OCCN(c2cc(C)n(-c3cccnc3)n2)C1=O. The van der Waals surface area contributed by atoms with Gasteiger partial charge in [-0.25, -0.2) is 9.48 Å². The number of carbonyl (C=O) groups excluding carboxylic acids is 2. The van der Waals surface area contributed by atoms with Crippen LogP contribution < -0.4 is 4.90 Å². The lowest BCUT2D eigenvalue weighted by Gasteiger charge is -2.33. The molecule has 1 aliphatic heterocycles. The molecule has 0 saturated carbocycles. The number of hydrogen-bond donors (Lipinski definition) is 1. The van der Waals surface area contributed by atoms with E-state index < -0.39 is 30.1 Å². The Bertz CT molecular complexity index is 866. The molecule has 1 N–H and O–H groups in total. The van der Waals surface area contributed by atoms with Crippen molar-refractivity contribution in [2.45, 2.75) is 26.1 Å². The van der Waals surface area contributed by atoms with Crippen molar-refractivity contribution in [2.24, 2.45) is 0 Å². The molecule has 1 amide bonds. The molecule has 0 bridgehead atoms. The van der Waals surface area contributed by atoms with Gasteiger partial charge in [0.15, 0.2) is 11.9 Å². The van der Waals surface area contributed by atoms with Gasteiger partial charge in [0.2, 0.25) is 6.10 Å². The molecule has 10 nitrogen and oxygen atoms in total. The molecular formula is C17H18N4O6. The van der Waals surface area contributed by atoms with Crippen LogP contribution in [0.4, 0.5) is 5.82 Å². The van der Waals surface area contributed by atoms with Crippen molar-refractivity contribution in [2.75, 3.05) is 18.1 Å². The molecule has 1 aliphatic rings. The van der Waals surface area contributed by atoms with Crippen molar-refractivity contribution >= 4 is 23.7 Å². The predicted molar refractivity (Wildman–Crippen MR) is 91.4 cm³/mol. The van der Waals surface area contributed by atoms with E-state index in [9.17, 15) is 19.5 Å². The summed E-state index contributed by atoms with van der Waals surface area (Å²) >= 11 is 0. The Hall–Kier alpha value is -3.27. The van der Waals surface area contributed by atoms with Crippen LogP contribution in [0.25, 0.3) is 5.69 Å². The third-order valence-corrected chi connectivity index (χ3v) is 3.97. The number of carboxylic acids is 1. The van der Waals surface area contributed by atoms with Crippen molar-refractivity contribution in [3.8, 4) is 5.69 Å². The smallest absolute Gasteiger partial charge is 0.348 e. The third-order valence-electron chi connectivity index (χ3n) is 3.97. The van der Waals surface area contributed by atoms with Gasteiger partial charge in [-0.1, -0.05) is 0 Å². The van der Waals surface area contributed by atoms with Gasteiger partial charge in [-0.2, -0.15) is 0 Å². The van der Waals surface area contributed by atoms with Crippen molar-refractivity contribution < 1.29 is 29.0 Å². The molecule has 3 rings (SSSR count). The van der Waals surface area contributed by atoms with E-state index in [1.807, 2.05) is 13.0 Å². The highest BCUT2D eigenvalue weighted by atomic mass is 16.6. The zero-order chi connectivity index (χ0) is 19.6. The molecule has 0 radical (unpaired) electrons. The summed E-state index contributed by atoms with van der Waals surface area (Å²) in [5.41, 5.74) is 1.49. The van der Waals surface area contributed by atoms with E-state index >= 15 is 0 Å². The molecule has 0 spiro atoms. The van der Waals surface area contributed by atoms with Crippen LogP contribution in [0.2, 0.25) is 0 Å². The van der Waals surface area contributed by atoms with E-state index in [1.54, 1.807) is 29.2 Å². The number of anilines is 1. The van der Waals surface area contributed by atoms with Gasteiger partial charge in [0, 0.05) is 24.9 Å². The molecule has 2 atom stereocenters. The summed E-state index contributed by atoms with van der Waals surface area (Å²) in [5.74, 6) is -2.55. The number of ether oxygens (including phenoxy) is 2. The summed E-state index contributed by atoms with van der Waals surface area (Å²) < 4.78 is 11.7. The van der Waals surface area contributed by atoms with Crippen LogP contribution in [0.15, 0.2) is 30.6 Å². The lowest BCUT2D eigenvalue weighted by atomic mass is 10.1. The molecule has 2 aromatic heterocycles.